The molecule has 11 nitrogen and oxygen atoms in total. The summed E-state index contributed by atoms with van der Waals surface area (Å²) in [6, 6.07) is 6.26. The molecule has 1 aromatic carbocycles. The summed E-state index contributed by atoms with van der Waals surface area (Å²) in [4.78, 5) is 35.4. The van der Waals surface area contributed by atoms with Crippen LogP contribution < -0.4 is 15.8 Å². The van der Waals surface area contributed by atoms with Crippen LogP contribution in [0.25, 0.3) is 11.0 Å². The lowest BCUT2D eigenvalue weighted by Gasteiger charge is -2.26. The molecule has 0 spiro atoms. The zero-order valence-corrected chi connectivity index (χ0v) is 23.5. The van der Waals surface area contributed by atoms with Crippen molar-refractivity contribution < 1.29 is 28.2 Å². The van der Waals surface area contributed by atoms with Crippen LogP contribution in [0.3, 0.4) is 0 Å². The van der Waals surface area contributed by atoms with Gasteiger partial charge in [0.1, 0.15) is 24.4 Å². The number of benzene rings is 1. The van der Waals surface area contributed by atoms with E-state index in [-0.39, 0.29) is 29.8 Å². The number of nitrogens with one attached hydrogen (secondary N) is 1. The second-order valence-corrected chi connectivity index (χ2v) is 16.2. The molecule has 1 saturated heterocycles. The predicted octanol–water partition coefficient (Wildman–Crippen LogP) is 2.84. The minimum atomic E-state index is -1.31. The van der Waals surface area contributed by atoms with Gasteiger partial charge in [0.05, 0.1) is 18.6 Å². The average Bonchev–Trinajstić information content (AvgIpc) is 3.27. The van der Waals surface area contributed by atoms with E-state index in [1.54, 1.807) is 10.6 Å². The average molecular weight is 559 g/mol. The molecule has 2 amide bonds. The molecule has 0 bridgehead atoms. The van der Waals surface area contributed by atoms with Gasteiger partial charge in [-0.05, 0) is 30.3 Å². The van der Waals surface area contributed by atoms with Crippen molar-refractivity contribution in [1.82, 2.24) is 24.8 Å². The first-order valence-electron chi connectivity index (χ1n) is 12.9. The number of carbonyl (C=O) groups excluding carboxylic acids is 2. The van der Waals surface area contributed by atoms with E-state index in [0.717, 1.165) is 25.2 Å². The van der Waals surface area contributed by atoms with Crippen molar-refractivity contribution >= 4 is 30.9 Å². The quantitative estimate of drug-likeness (QED) is 0.256. The number of halogens is 1. The van der Waals surface area contributed by atoms with Crippen molar-refractivity contribution in [3.63, 3.8) is 0 Å². The molecule has 1 aliphatic heterocycles. The number of hydrogen-bond acceptors (Lipinski definition) is 8. The van der Waals surface area contributed by atoms with Crippen LogP contribution >= 0.6 is 0 Å². The van der Waals surface area contributed by atoms with E-state index in [4.69, 9.17) is 19.9 Å². The van der Waals surface area contributed by atoms with Crippen molar-refractivity contribution in [1.29, 1.82) is 0 Å². The number of morpholine rings is 1. The molecular formula is C26H35FN6O5Si. The van der Waals surface area contributed by atoms with E-state index in [2.05, 4.69) is 39.8 Å². The highest BCUT2D eigenvalue weighted by atomic mass is 28.3. The molecule has 0 saturated carbocycles. The first-order valence-corrected chi connectivity index (χ1v) is 16.6. The normalized spacial score (nSPS) is 14.5. The van der Waals surface area contributed by atoms with Crippen LogP contribution in [0.1, 0.15) is 20.8 Å². The molecule has 1 aliphatic rings. The maximum atomic E-state index is 14.6. The van der Waals surface area contributed by atoms with Crippen LogP contribution in [0.5, 0.6) is 11.6 Å². The number of nitrogens with zero attached hydrogens (tertiary/aromatic N) is 4. The minimum Gasteiger partial charge on any atom is -0.435 e. The van der Waals surface area contributed by atoms with Gasteiger partial charge in [-0.15, -0.1) is 0 Å². The Labute approximate surface area is 227 Å². The Kier molecular flexibility index (Phi) is 9.27. The summed E-state index contributed by atoms with van der Waals surface area (Å²) in [7, 11) is -1.31. The summed E-state index contributed by atoms with van der Waals surface area (Å²) in [6.07, 6.45) is 1.28. The van der Waals surface area contributed by atoms with Crippen LogP contribution in [0.2, 0.25) is 25.7 Å². The molecule has 0 atom stereocenters. The highest BCUT2D eigenvalue weighted by molar-refractivity contribution is 6.76. The number of fused-ring (bicyclic) bond motifs is 1. The Morgan fingerprint density at radius 1 is 1.18 bits per heavy atom. The molecule has 0 aliphatic carbocycles. The molecule has 39 heavy (non-hydrogen) atoms. The van der Waals surface area contributed by atoms with Gasteiger partial charge in [0.2, 0.25) is 11.8 Å². The van der Waals surface area contributed by atoms with Crippen LogP contribution in [0.4, 0.5) is 4.39 Å². The van der Waals surface area contributed by atoms with E-state index >= 15 is 0 Å². The monoisotopic (exact) mass is 558 g/mol. The van der Waals surface area contributed by atoms with Crippen molar-refractivity contribution in [2.75, 3.05) is 46.0 Å². The van der Waals surface area contributed by atoms with Crippen LogP contribution in [0, 0.1) is 5.82 Å². The summed E-state index contributed by atoms with van der Waals surface area (Å²) in [6.45, 7) is 11.6. The first-order chi connectivity index (χ1) is 18.6. The molecule has 13 heteroatoms. The van der Waals surface area contributed by atoms with E-state index in [0.29, 0.717) is 49.6 Å². The molecule has 3 aromatic rings. The van der Waals surface area contributed by atoms with Gasteiger partial charge < -0.3 is 25.3 Å². The molecule has 3 N–H and O–H groups in total. The van der Waals surface area contributed by atoms with Crippen molar-refractivity contribution in [3.05, 3.63) is 47.7 Å². The molecule has 3 heterocycles. The van der Waals surface area contributed by atoms with E-state index in [9.17, 15) is 14.0 Å². The van der Waals surface area contributed by atoms with Gasteiger partial charge in [-0.25, -0.2) is 14.4 Å². The van der Waals surface area contributed by atoms with Crippen molar-refractivity contribution in [3.8, 4) is 11.6 Å². The number of primary amides is 1. The number of amides is 2. The number of hydrogen-bond donors (Lipinski definition) is 2. The summed E-state index contributed by atoms with van der Waals surface area (Å²) in [5, 5.41) is 3.39. The zero-order valence-electron chi connectivity index (χ0n) is 22.5. The molecule has 0 unspecified atom stereocenters. The number of nitrogens with two attached hydrogens (primary N) is 1. The predicted molar refractivity (Wildman–Crippen MR) is 146 cm³/mol. The van der Waals surface area contributed by atoms with Crippen LogP contribution in [-0.4, -0.2) is 85.3 Å². The van der Waals surface area contributed by atoms with Gasteiger partial charge in [0, 0.05) is 46.4 Å². The number of ether oxygens (including phenoxy) is 3. The first kappa shape index (κ1) is 28.6. The smallest absolute Gasteiger partial charge is 0.268 e. The molecule has 4 rings (SSSR count). The fourth-order valence-corrected chi connectivity index (χ4v) is 4.82. The Morgan fingerprint density at radius 2 is 1.95 bits per heavy atom. The molecule has 210 valence electrons. The standard InChI is InChI=1S/C26H35FN6O5Si/c1-39(2,3)13-12-37-17-33-21(25(35)29-6-7-32-8-10-36-11-9-32)15-19-24(33)30-16-31-26(19)38-22-5-4-18(23(28)34)14-20(22)27/h4-5,14-16H,6-13,17H2,1-3H3,(H2,28,34)(H,29,35). The van der Waals surface area contributed by atoms with Gasteiger partial charge in [-0.3, -0.25) is 19.1 Å². The third-order valence-corrected chi connectivity index (χ3v) is 8.05. The third-order valence-electron chi connectivity index (χ3n) is 6.34. The molecular weight excluding hydrogens is 523 g/mol. The van der Waals surface area contributed by atoms with Gasteiger partial charge in [0.25, 0.3) is 5.91 Å². The molecule has 0 radical (unpaired) electrons. The van der Waals surface area contributed by atoms with E-state index in [1.807, 2.05) is 0 Å². The number of rotatable bonds is 12. The Hall–Kier alpha value is -3.39. The van der Waals surface area contributed by atoms with Crippen molar-refractivity contribution in [2.24, 2.45) is 5.73 Å². The SMILES string of the molecule is C[Si](C)(C)CCOCn1c(C(=O)NCCN2CCOCC2)cc2c(Oc3ccc(C(N)=O)cc3F)ncnc21. The number of aromatic nitrogens is 3. The second-order valence-electron chi connectivity index (χ2n) is 10.5. The lowest BCUT2D eigenvalue weighted by molar-refractivity contribution is 0.0382. The van der Waals surface area contributed by atoms with Gasteiger partial charge >= 0.3 is 0 Å². The van der Waals surface area contributed by atoms with Crippen molar-refractivity contribution in [2.45, 2.75) is 32.4 Å². The summed E-state index contributed by atoms with van der Waals surface area (Å²) < 4.78 is 33.4. The molecule has 1 fully saturated rings. The zero-order chi connectivity index (χ0) is 28.0. The maximum absolute atomic E-state index is 14.6. The van der Waals surface area contributed by atoms with Crippen LogP contribution in [-0.2, 0) is 16.2 Å². The summed E-state index contributed by atoms with van der Waals surface area (Å²) in [5.74, 6) is -1.89. The highest BCUT2D eigenvalue weighted by Crippen LogP contribution is 2.31. The van der Waals surface area contributed by atoms with E-state index < -0.39 is 19.8 Å². The topological polar surface area (TPSA) is 134 Å². The van der Waals surface area contributed by atoms with Crippen LogP contribution in [0.15, 0.2) is 30.6 Å². The Bertz CT molecular complexity index is 1320. The largest absolute Gasteiger partial charge is 0.435 e. The van der Waals surface area contributed by atoms with E-state index in [1.165, 1.54) is 18.5 Å². The van der Waals surface area contributed by atoms with Gasteiger partial charge in [0.15, 0.2) is 11.6 Å². The lowest BCUT2D eigenvalue weighted by atomic mass is 10.2. The highest BCUT2D eigenvalue weighted by Gasteiger charge is 2.22. The summed E-state index contributed by atoms with van der Waals surface area (Å²) in [5.41, 5.74) is 6.00. The Morgan fingerprint density at radius 3 is 2.64 bits per heavy atom. The van der Waals surface area contributed by atoms with Gasteiger partial charge in [-0.1, -0.05) is 19.6 Å². The summed E-state index contributed by atoms with van der Waals surface area (Å²) >= 11 is 0. The third kappa shape index (κ3) is 7.59. The Balaban J connectivity index is 1.58. The van der Waals surface area contributed by atoms with Gasteiger partial charge in [-0.2, -0.15) is 0 Å². The number of carbonyl (C=O) groups is 2. The molecule has 2 aromatic heterocycles. The maximum Gasteiger partial charge on any atom is 0.268 e. The lowest BCUT2D eigenvalue weighted by Crippen LogP contribution is -2.41. The minimum absolute atomic E-state index is 0.0188. The second kappa shape index (κ2) is 12.6. The fourth-order valence-electron chi connectivity index (χ4n) is 4.06. The fraction of sp³-hybridized carbons (Fsp3) is 0.462.